The quantitative estimate of drug-likeness (QED) is 0.310. The molecule has 0 aliphatic carbocycles. The number of rotatable bonds is 6. The van der Waals surface area contributed by atoms with E-state index >= 15 is 0 Å². The Morgan fingerprint density at radius 1 is 1.09 bits per heavy atom. The number of thiophene rings is 1. The van der Waals surface area contributed by atoms with Crippen molar-refractivity contribution >= 4 is 50.7 Å². The topological polar surface area (TPSA) is 94.3 Å². The smallest absolute Gasteiger partial charge is 0.267 e. The van der Waals surface area contributed by atoms with E-state index in [0.29, 0.717) is 37.7 Å². The summed E-state index contributed by atoms with van der Waals surface area (Å²) < 4.78 is 5.15. The molecule has 0 radical (unpaired) electrons. The number of carbonyl (C=O) groups excluding carboxylic acids is 2. The summed E-state index contributed by atoms with van der Waals surface area (Å²) in [7, 11) is 1.60. The number of anilines is 2. The van der Waals surface area contributed by atoms with Gasteiger partial charge in [0.1, 0.15) is 15.5 Å². The number of pyridine rings is 1. The van der Waals surface area contributed by atoms with E-state index in [2.05, 4.69) is 10.3 Å². The second kappa shape index (κ2) is 9.03. The predicted molar refractivity (Wildman–Crippen MR) is 130 cm³/mol. The van der Waals surface area contributed by atoms with E-state index in [4.69, 9.17) is 10.5 Å². The Balaban J connectivity index is 1.61. The maximum absolute atomic E-state index is 12.8. The van der Waals surface area contributed by atoms with Crippen LogP contribution in [0.1, 0.15) is 31.3 Å². The molecule has 0 unspecified atom stereocenters. The second-order valence-corrected chi connectivity index (χ2v) is 8.11. The number of nitrogens with one attached hydrogen (secondary N) is 1. The van der Waals surface area contributed by atoms with Crippen LogP contribution in [0.25, 0.3) is 16.3 Å². The molecular weight excluding hydrogens is 422 g/mol. The Kier molecular flexibility index (Phi) is 6.00. The fourth-order valence-electron chi connectivity index (χ4n) is 3.23. The lowest BCUT2D eigenvalue weighted by Crippen LogP contribution is -2.11. The van der Waals surface area contributed by atoms with Crippen molar-refractivity contribution in [2.75, 3.05) is 18.2 Å². The molecule has 0 aliphatic rings. The predicted octanol–water partition coefficient (Wildman–Crippen LogP) is 5.34. The van der Waals surface area contributed by atoms with Crippen molar-refractivity contribution in [2.45, 2.75) is 6.92 Å². The highest BCUT2D eigenvalue weighted by Crippen LogP contribution is 2.34. The molecule has 0 atom stereocenters. The monoisotopic (exact) mass is 443 g/mol. The van der Waals surface area contributed by atoms with Crippen LogP contribution in [-0.4, -0.2) is 23.8 Å². The third kappa shape index (κ3) is 4.38. The third-order valence-electron chi connectivity index (χ3n) is 4.96. The molecule has 2 aromatic heterocycles. The molecule has 160 valence electrons. The highest BCUT2D eigenvalue weighted by molar-refractivity contribution is 7.21. The molecule has 32 heavy (non-hydrogen) atoms. The minimum Gasteiger partial charge on any atom is -0.497 e. The normalized spacial score (nSPS) is 11.1. The molecule has 0 bridgehead atoms. The standard InChI is InChI=1S/C25H21N3O3S/c1-15-19(21(29)13-10-16-8-11-18(31-2)12-9-16)14-20-22(26)23(32-25(20)27-15)24(30)28-17-6-4-3-5-7-17/h3-14H,26H2,1-2H3,(H,28,30)/b13-10+. The number of fused-ring (bicyclic) bond motifs is 1. The Morgan fingerprint density at radius 3 is 2.50 bits per heavy atom. The summed E-state index contributed by atoms with van der Waals surface area (Å²) in [4.78, 5) is 31.1. The maximum Gasteiger partial charge on any atom is 0.267 e. The lowest BCUT2D eigenvalue weighted by Gasteiger charge is -2.04. The van der Waals surface area contributed by atoms with Gasteiger partial charge >= 0.3 is 0 Å². The number of ketones is 1. The van der Waals surface area contributed by atoms with Crippen LogP contribution in [0.15, 0.2) is 66.7 Å². The van der Waals surface area contributed by atoms with Crippen LogP contribution in [0.3, 0.4) is 0 Å². The molecule has 0 saturated carbocycles. The molecule has 2 heterocycles. The van der Waals surface area contributed by atoms with Crippen molar-refractivity contribution in [3.05, 3.63) is 88.4 Å². The van der Waals surface area contributed by atoms with Gasteiger partial charge in [0.2, 0.25) is 0 Å². The van der Waals surface area contributed by atoms with Crippen LogP contribution < -0.4 is 15.8 Å². The number of amides is 1. The van der Waals surface area contributed by atoms with Gasteiger partial charge in [-0.25, -0.2) is 4.98 Å². The molecule has 2 aromatic carbocycles. The Hall–Kier alpha value is -3.97. The van der Waals surface area contributed by atoms with Crippen molar-refractivity contribution in [3.63, 3.8) is 0 Å². The summed E-state index contributed by atoms with van der Waals surface area (Å²) in [5, 5.41) is 3.43. The lowest BCUT2D eigenvalue weighted by atomic mass is 10.1. The number of nitrogen functional groups attached to an aromatic ring is 1. The Morgan fingerprint density at radius 2 is 1.81 bits per heavy atom. The van der Waals surface area contributed by atoms with Crippen LogP contribution in [-0.2, 0) is 0 Å². The van der Waals surface area contributed by atoms with Gasteiger partial charge in [-0.2, -0.15) is 0 Å². The van der Waals surface area contributed by atoms with Gasteiger partial charge in [-0.1, -0.05) is 36.4 Å². The van der Waals surface area contributed by atoms with Gasteiger partial charge in [0.15, 0.2) is 5.78 Å². The fraction of sp³-hybridized carbons (Fsp3) is 0.0800. The summed E-state index contributed by atoms with van der Waals surface area (Å²) in [5.41, 5.74) is 9.17. The van der Waals surface area contributed by atoms with Gasteiger partial charge in [-0.3, -0.25) is 9.59 Å². The Bertz CT molecular complexity index is 1330. The van der Waals surface area contributed by atoms with E-state index in [-0.39, 0.29) is 11.7 Å². The van der Waals surface area contributed by atoms with Gasteiger partial charge in [0.25, 0.3) is 5.91 Å². The largest absolute Gasteiger partial charge is 0.497 e. The summed E-state index contributed by atoms with van der Waals surface area (Å²) in [6.07, 6.45) is 3.24. The van der Waals surface area contributed by atoms with Gasteiger partial charge in [-0.05, 0) is 48.9 Å². The molecule has 0 spiro atoms. The molecule has 1 amide bonds. The highest BCUT2D eigenvalue weighted by atomic mass is 32.1. The summed E-state index contributed by atoms with van der Waals surface area (Å²) in [5.74, 6) is 0.259. The van der Waals surface area contributed by atoms with Crippen molar-refractivity contribution in [3.8, 4) is 5.75 Å². The first-order chi connectivity index (χ1) is 15.5. The Labute approximate surface area is 189 Å². The molecule has 4 rings (SSSR count). The van der Waals surface area contributed by atoms with E-state index in [1.165, 1.54) is 17.4 Å². The molecule has 3 N–H and O–H groups in total. The van der Waals surface area contributed by atoms with Crippen LogP contribution in [0.2, 0.25) is 0 Å². The van der Waals surface area contributed by atoms with E-state index in [1.807, 2.05) is 42.5 Å². The van der Waals surface area contributed by atoms with Gasteiger partial charge in [0, 0.05) is 16.6 Å². The maximum atomic E-state index is 12.8. The van der Waals surface area contributed by atoms with Crippen LogP contribution in [0, 0.1) is 6.92 Å². The van der Waals surface area contributed by atoms with Crippen LogP contribution >= 0.6 is 11.3 Å². The number of methoxy groups -OCH3 is 1. The van der Waals surface area contributed by atoms with Gasteiger partial charge in [-0.15, -0.1) is 11.3 Å². The first-order valence-electron chi connectivity index (χ1n) is 9.88. The van der Waals surface area contributed by atoms with E-state index in [9.17, 15) is 9.59 Å². The van der Waals surface area contributed by atoms with E-state index < -0.39 is 0 Å². The average Bonchev–Trinajstić information content (AvgIpc) is 3.13. The second-order valence-electron chi connectivity index (χ2n) is 7.11. The number of nitrogens with zero attached hydrogens (tertiary/aromatic N) is 1. The fourth-order valence-corrected chi connectivity index (χ4v) is 4.25. The minimum absolute atomic E-state index is 0.186. The number of hydrogen-bond acceptors (Lipinski definition) is 6. The van der Waals surface area contributed by atoms with Crippen molar-refractivity contribution < 1.29 is 14.3 Å². The number of benzene rings is 2. The summed E-state index contributed by atoms with van der Waals surface area (Å²) in [6, 6.07) is 18.3. The zero-order chi connectivity index (χ0) is 22.7. The van der Waals surface area contributed by atoms with Crippen molar-refractivity contribution in [2.24, 2.45) is 0 Å². The van der Waals surface area contributed by atoms with Crippen molar-refractivity contribution in [1.82, 2.24) is 4.98 Å². The number of carbonyl (C=O) groups is 2. The molecule has 0 aliphatic heterocycles. The van der Waals surface area contributed by atoms with Crippen LogP contribution in [0.4, 0.5) is 11.4 Å². The number of nitrogens with two attached hydrogens (primary N) is 1. The summed E-state index contributed by atoms with van der Waals surface area (Å²) >= 11 is 1.21. The third-order valence-corrected chi connectivity index (χ3v) is 6.07. The molecule has 7 heteroatoms. The van der Waals surface area contributed by atoms with Gasteiger partial charge < -0.3 is 15.8 Å². The number of aryl methyl sites for hydroxylation is 1. The lowest BCUT2D eigenvalue weighted by molar-refractivity contribution is 0.102. The van der Waals surface area contributed by atoms with Crippen LogP contribution in [0.5, 0.6) is 5.75 Å². The highest BCUT2D eigenvalue weighted by Gasteiger charge is 2.20. The molecule has 0 saturated heterocycles. The number of aromatic nitrogens is 1. The number of allylic oxidation sites excluding steroid dienone is 1. The first kappa shape index (κ1) is 21.3. The molecule has 4 aromatic rings. The average molecular weight is 444 g/mol. The summed E-state index contributed by atoms with van der Waals surface area (Å²) in [6.45, 7) is 1.77. The minimum atomic E-state index is -0.304. The number of ether oxygens (including phenoxy) is 1. The van der Waals surface area contributed by atoms with E-state index in [0.717, 1.165) is 11.3 Å². The number of hydrogen-bond donors (Lipinski definition) is 2. The first-order valence-corrected chi connectivity index (χ1v) is 10.7. The SMILES string of the molecule is COc1ccc(/C=C/C(=O)c2cc3c(N)c(C(=O)Nc4ccccc4)sc3nc2C)cc1. The zero-order valence-corrected chi connectivity index (χ0v) is 18.4. The number of para-hydroxylation sites is 1. The molecule has 0 fully saturated rings. The molecular formula is C25H21N3O3S. The van der Waals surface area contributed by atoms with E-state index in [1.54, 1.807) is 38.3 Å². The zero-order valence-electron chi connectivity index (χ0n) is 17.6. The van der Waals surface area contributed by atoms with Crippen molar-refractivity contribution in [1.29, 1.82) is 0 Å². The molecule has 6 nitrogen and oxygen atoms in total. The van der Waals surface area contributed by atoms with Gasteiger partial charge in [0.05, 0.1) is 18.5 Å².